The number of methoxy groups -OCH3 is 1. The highest BCUT2D eigenvalue weighted by Gasteiger charge is 2.34. The van der Waals surface area contributed by atoms with Crippen LogP contribution < -0.4 is 5.32 Å². The summed E-state index contributed by atoms with van der Waals surface area (Å²) in [6, 6.07) is 4.79. The predicted octanol–water partition coefficient (Wildman–Crippen LogP) is 1.80. The van der Waals surface area contributed by atoms with Crippen molar-refractivity contribution in [1.82, 2.24) is 14.6 Å². The SMILES string of the molecule is COCCC(=O)NC1CCN(S(=O)(=O)c2cccc3cncc(Cl)c23)C1. The Kier molecular flexibility index (Phi) is 5.76. The molecule has 1 aliphatic rings. The molecule has 1 atom stereocenters. The zero-order chi connectivity index (χ0) is 18.7. The molecule has 7 nitrogen and oxygen atoms in total. The Labute approximate surface area is 157 Å². The third-order valence-corrected chi connectivity index (χ3v) is 6.56. The number of hydrogen-bond donors (Lipinski definition) is 1. The van der Waals surface area contributed by atoms with Crippen LogP contribution in [0, 0.1) is 0 Å². The average Bonchev–Trinajstić information content (AvgIpc) is 3.09. The standard InChI is InChI=1S/C17H20ClN3O4S/c1-25-8-6-16(22)20-13-5-7-21(11-13)26(23,24)15-4-2-3-12-9-19-10-14(18)17(12)15/h2-4,9-10,13H,5-8,11H2,1H3,(H,20,22). The summed E-state index contributed by atoms with van der Waals surface area (Å²) in [6.45, 7) is 0.917. The molecule has 1 aromatic heterocycles. The summed E-state index contributed by atoms with van der Waals surface area (Å²) in [4.78, 5) is 16.0. The molecule has 2 heterocycles. The molecule has 140 valence electrons. The minimum atomic E-state index is -3.73. The minimum Gasteiger partial charge on any atom is -0.384 e. The van der Waals surface area contributed by atoms with E-state index in [2.05, 4.69) is 10.3 Å². The first-order valence-corrected chi connectivity index (χ1v) is 10.1. The second kappa shape index (κ2) is 7.87. The van der Waals surface area contributed by atoms with Crippen LogP contribution in [-0.2, 0) is 19.6 Å². The molecule has 1 aliphatic heterocycles. The Morgan fingerprint density at radius 2 is 2.23 bits per heavy atom. The molecule has 9 heteroatoms. The maximum Gasteiger partial charge on any atom is 0.243 e. The number of carbonyl (C=O) groups excluding carboxylic acids is 1. The molecule has 1 N–H and O–H groups in total. The van der Waals surface area contributed by atoms with E-state index >= 15 is 0 Å². The number of pyridine rings is 1. The number of nitrogens with zero attached hydrogens (tertiary/aromatic N) is 2. The van der Waals surface area contributed by atoms with E-state index in [1.54, 1.807) is 24.4 Å². The first kappa shape index (κ1) is 19.0. The average molecular weight is 398 g/mol. The van der Waals surface area contributed by atoms with Crippen molar-refractivity contribution in [3.05, 3.63) is 35.6 Å². The highest BCUT2D eigenvalue weighted by atomic mass is 35.5. The molecule has 0 spiro atoms. The van der Waals surface area contributed by atoms with Crippen molar-refractivity contribution < 1.29 is 17.9 Å². The quantitative estimate of drug-likeness (QED) is 0.802. The van der Waals surface area contributed by atoms with Crippen molar-refractivity contribution in [2.45, 2.75) is 23.8 Å². The molecule has 0 aliphatic carbocycles. The largest absolute Gasteiger partial charge is 0.384 e. The lowest BCUT2D eigenvalue weighted by Crippen LogP contribution is -2.38. The van der Waals surface area contributed by atoms with Crippen molar-refractivity contribution >= 4 is 38.3 Å². The van der Waals surface area contributed by atoms with Crippen LogP contribution in [0.15, 0.2) is 35.5 Å². The number of fused-ring (bicyclic) bond motifs is 1. The van der Waals surface area contributed by atoms with E-state index < -0.39 is 10.0 Å². The van der Waals surface area contributed by atoms with Crippen molar-refractivity contribution in [3.63, 3.8) is 0 Å². The molecular weight excluding hydrogens is 378 g/mol. The van der Waals surface area contributed by atoms with E-state index in [0.717, 1.165) is 0 Å². The molecular formula is C17H20ClN3O4S. The van der Waals surface area contributed by atoms with E-state index in [9.17, 15) is 13.2 Å². The van der Waals surface area contributed by atoms with Gasteiger partial charge in [-0.1, -0.05) is 23.7 Å². The Balaban J connectivity index is 1.81. The fraction of sp³-hybridized carbons (Fsp3) is 0.412. The van der Waals surface area contributed by atoms with Crippen LogP contribution in [0.1, 0.15) is 12.8 Å². The van der Waals surface area contributed by atoms with E-state index in [-0.39, 0.29) is 29.8 Å². The molecule has 0 saturated carbocycles. The minimum absolute atomic E-state index is 0.143. The van der Waals surface area contributed by atoms with Gasteiger partial charge in [-0.25, -0.2) is 8.42 Å². The number of nitrogens with one attached hydrogen (secondary N) is 1. The van der Waals surface area contributed by atoms with Gasteiger partial charge < -0.3 is 10.1 Å². The Hall–Kier alpha value is -1.74. The molecule has 3 rings (SSSR count). The van der Waals surface area contributed by atoms with Gasteiger partial charge in [0.1, 0.15) is 0 Å². The number of rotatable bonds is 6. The summed E-state index contributed by atoms with van der Waals surface area (Å²) < 4.78 is 32.5. The van der Waals surface area contributed by atoms with Crippen LogP contribution >= 0.6 is 11.6 Å². The monoisotopic (exact) mass is 397 g/mol. The van der Waals surface area contributed by atoms with Gasteiger partial charge in [0.25, 0.3) is 0 Å². The number of hydrogen-bond acceptors (Lipinski definition) is 5. The molecule has 1 amide bonds. The lowest BCUT2D eigenvalue weighted by molar-refractivity contribution is -0.122. The van der Waals surface area contributed by atoms with Gasteiger partial charge in [0.2, 0.25) is 15.9 Å². The molecule has 1 saturated heterocycles. The molecule has 26 heavy (non-hydrogen) atoms. The van der Waals surface area contributed by atoms with Crippen molar-refractivity contribution in [2.75, 3.05) is 26.8 Å². The first-order valence-electron chi connectivity index (χ1n) is 8.24. The van der Waals surface area contributed by atoms with Gasteiger partial charge in [-0.15, -0.1) is 0 Å². The number of ether oxygens (including phenoxy) is 1. The number of halogens is 1. The molecule has 0 bridgehead atoms. The maximum absolute atomic E-state index is 13.1. The van der Waals surface area contributed by atoms with E-state index in [0.29, 0.717) is 35.4 Å². The third-order valence-electron chi connectivity index (χ3n) is 4.37. The number of sulfonamides is 1. The van der Waals surface area contributed by atoms with Crippen LogP contribution in [-0.4, -0.2) is 56.5 Å². The summed E-state index contributed by atoms with van der Waals surface area (Å²) >= 11 is 6.21. The van der Waals surface area contributed by atoms with E-state index in [1.807, 2.05) is 0 Å². The summed E-state index contributed by atoms with van der Waals surface area (Å²) in [7, 11) is -2.20. The molecule has 1 fully saturated rings. The van der Waals surface area contributed by atoms with Crippen molar-refractivity contribution in [3.8, 4) is 0 Å². The van der Waals surface area contributed by atoms with Gasteiger partial charge in [-0.3, -0.25) is 9.78 Å². The van der Waals surface area contributed by atoms with Gasteiger partial charge in [0.15, 0.2) is 0 Å². The highest BCUT2D eigenvalue weighted by molar-refractivity contribution is 7.89. The lowest BCUT2D eigenvalue weighted by atomic mass is 10.2. The fourth-order valence-electron chi connectivity index (χ4n) is 3.07. The van der Waals surface area contributed by atoms with Gasteiger partial charge >= 0.3 is 0 Å². The predicted molar refractivity (Wildman–Crippen MR) is 98.6 cm³/mol. The molecule has 0 radical (unpaired) electrons. The van der Waals surface area contributed by atoms with Gasteiger partial charge in [0.05, 0.1) is 16.5 Å². The molecule has 1 aromatic carbocycles. The van der Waals surface area contributed by atoms with E-state index in [1.165, 1.54) is 17.6 Å². The van der Waals surface area contributed by atoms with Gasteiger partial charge in [-0.05, 0) is 12.5 Å². The Morgan fingerprint density at radius 1 is 1.42 bits per heavy atom. The van der Waals surface area contributed by atoms with Crippen molar-refractivity contribution in [1.29, 1.82) is 0 Å². The number of amides is 1. The van der Waals surface area contributed by atoms with Gasteiger partial charge in [0, 0.05) is 55.8 Å². The maximum atomic E-state index is 13.1. The molecule has 2 aromatic rings. The second-order valence-electron chi connectivity index (χ2n) is 6.13. The summed E-state index contributed by atoms with van der Waals surface area (Å²) in [6.07, 6.45) is 3.85. The normalized spacial score (nSPS) is 18.3. The Bertz CT molecular complexity index is 914. The number of benzene rings is 1. The number of aromatic nitrogens is 1. The lowest BCUT2D eigenvalue weighted by Gasteiger charge is -2.18. The summed E-state index contributed by atoms with van der Waals surface area (Å²) in [5, 5.41) is 4.29. The molecule has 1 unspecified atom stereocenters. The topological polar surface area (TPSA) is 88.6 Å². The van der Waals surface area contributed by atoms with Crippen LogP contribution in [0.5, 0.6) is 0 Å². The van der Waals surface area contributed by atoms with Gasteiger partial charge in [-0.2, -0.15) is 4.31 Å². The smallest absolute Gasteiger partial charge is 0.243 e. The van der Waals surface area contributed by atoms with Crippen molar-refractivity contribution in [2.24, 2.45) is 0 Å². The van der Waals surface area contributed by atoms with Crippen LogP contribution in [0.3, 0.4) is 0 Å². The third kappa shape index (κ3) is 3.83. The zero-order valence-corrected chi connectivity index (χ0v) is 15.9. The summed E-state index contributed by atoms with van der Waals surface area (Å²) in [5.41, 5.74) is 0. The Morgan fingerprint density at radius 3 is 3.00 bits per heavy atom. The highest BCUT2D eigenvalue weighted by Crippen LogP contribution is 2.32. The van der Waals surface area contributed by atoms with Crippen LogP contribution in [0.4, 0.5) is 0 Å². The van der Waals surface area contributed by atoms with E-state index in [4.69, 9.17) is 16.3 Å². The fourth-order valence-corrected chi connectivity index (χ4v) is 5.13. The van der Waals surface area contributed by atoms with Crippen LogP contribution in [0.2, 0.25) is 5.02 Å². The van der Waals surface area contributed by atoms with Crippen LogP contribution in [0.25, 0.3) is 10.8 Å². The number of carbonyl (C=O) groups is 1. The zero-order valence-electron chi connectivity index (χ0n) is 14.3. The first-order chi connectivity index (χ1) is 12.4. The second-order valence-corrected chi connectivity index (χ2v) is 8.45. The summed E-state index contributed by atoms with van der Waals surface area (Å²) in [5.74, 6) is -0.143.